The standard InChI is InChI=1S/C16H16O3S.K/c17-20(18,19)16-11-14-6-5-12-1-3-13(4-2-12)7-9-15(16)10-8-14;/h1-4,8,10-11H,5-7,9H2,(H,17,18,19);/q;+1/p-1. The van der Waals surface area contributed by atoms with E-state index in [9.17, 15) is 13.0 Å². The van der Waals surface area contributed by atoms with E-state index >= 15 is 0 Å². The molecule has 0 fully saturated rings. The van der Waals surface area contributed by atoms with Crippen molar-refractivity contribution < 1.29 is 64.4 Å². The van der Waals surface area contributed by atoms with E-state index in [0.29, 0.717) is 12.0 Å². The summed E-state index contributed by atoms with van der Waals surface area (Å²) < 4.78 is 34.3. The number of benzene rings is 2. The van der Waals surface area contributed by atoms with Crippen LogP contribution in [0.2, 0.25) is 0 Å². The molecule has 4 aliphatic rings. The maximum atomic E-state index is 11.4. The Kier molecular flexibility index (Phi) is 5.82. The summed E-state index contributed by atoms with van der Waals surface area (Å²) in [6.45, 7) is 0. The van der Waals surface area contributed by atoms with Crippen molar-refractivity contribution >= 4 is 10.1 Å². The largest absolute Gasteiger partial charge is 1.00 e. The zero-order valence-electron chi connectivity index (χ0n) is 12.0. The molecule has 3 nitrogen and oxygen atoms in total. The molecule has 0 aliphatic heterocycles. The quantitative estimate of drug-likeness (QED) is 0.523. The molecule has 0 atom stereocenters. The van der Waals surface area contributed by atoms with Crippen molar-refractivity contribution in [1.82, 2.24) is 0 Å². The Bertz CT molecular complexity index is 737. The SMILES string of the molecule is O=S(=O)([O-])c1cc2ccc1CCc1ccc(cc1)CC2.[K+]. The summed E-state index contributed by atoms with van der Waals surface area (Å²) in [5, 5.41) is 0. The number of aryl methyl sites for hydroxylation is 4. The Hall–Kier alpha value is -0.0136. The van der Waals surface area contributed by atoms with Gasteiger partial charge >= 0.3 is 51.4 Å². The van der Waals surface area contributed by atoms with Gasteiger partial charge in [0.1, 0.15) is 10.1 Å². The molecule has 0 heterocycles. The van der Waals surface area contributed by atoms with E-state index in [1.165, 1.54) is 5.56 Å². The zero-order chi connectivity index (χ0) is 14.2. The van der Waals surface area contributed by atoms with Gasteiger partial charge in [-0.3, -0.25) is 0 Å². The molecule has 4 bridgehead atoms. The molecule has 0 radical (unpaired) electrons. The number of hydrogen-bond acceptors (Lipinski definition) is 3. The molecule has 4 aliphatic carbocycles. The Morgan fingerprint density at radius 3 is 1.81 bits per heavy atom. The van der Waals surface area contributed by atoms with Crippen LogP contribution in [-0.2, 0) is 35.8 Å². The van der Waals surface area contributed by atoms with E-state index in [0.717, 1.165) is 30.4 Å². The average molecular weight is 326 g/mol. The molecule has 0 saturated heterocycles. The van der Waals surface area contributed by atoms with Crippen molar-refractivity contribution in [1.29, 1.82) is 0 Å². The minimum atomic E-state index is -4.41. The van der Waals surface area contributed by atoms with Crippen LogP contribution in [0.15, 0.2) is 47.4 Å². The molecular formula is C16H15KO3S. The summed E-state index contributed by atoms with van der Waals surface area (Å²) in [5.41, 5.74) is 3.90. The van der Waals surface area contributed by atoms with Crippen LogP contribution in [0.25, 0.3) is 0 Å². The van der Waals surface area contributed by atoms with Crippen LogP contribution in [0.4, 0.5) is 0 Å². The van der Waals surface area contributed by atoms with Crippen LogP contribution in [0.3, 0.4) is 0 Å². The van der Waals surface area contributed by atoms with Crippen molar-refractivity contribution in [2.45, 2.75) is 30.6 Å². The topological polar surface area (TPSA) is 57.2 Å². The smallest absolute Gasteiger partial charge is 0.744 e. The molecule has 104 valence electrons. The molecule has 0 amide bonds. The summed E-state index contributed by atoms with van der Waals surface area (Å²) >= 11 is 0. The minimum Gasteiger partial charge on any atom is -0.744 e. The third-order valence-electron chi connectivity index (χ3n) is 3.81. The van der Waals surface area contributed by atoms with Crippen molar-refractivity contribution in [2.75, 3.05) is 0 Å². The van der Waals surface area contributed by atoms with Gasteiger partial charge in [-0.15, -0.1) is 0 Å². The van der Waals surface area contributed by atoms with Gasteiger partial charge < -0.3 is 4.55 Å². The Balaban J connectivity index is 0.00000161. The average Bonchev–Trinajstić information content (AvgIpc) is 2.40. The zero-order valence-corrected chi connectivity index (χ0v) is 15.9. The molecule has 5 heteroatoms. The van der Waals surface area contributed by atoms with E-state index in [2.05, 4.69) is 24.3 Å². The van der Waals surface area contributed by atoms with E-state index < -0.39 is 10.1 Å². The normalized spacial score (nSPS) is 14.1. The molecular weight excluding hydrogens is 311 g/mol. The van der Waals surface area contributed by atoms with Gasteiger partial charge in [-0.2, -0.15) is 0 Å². The van der Waals surface area contributed by atoms with Gasteiger partial charge in [0.05, 0.1) is 4.90 Å². The Labute approximate surface area is 167 Å². The first-order valence-corrected chi connectivity index (χ1v) is 8.09. The van der Waals surface area contributed by atoms with E-state index in [4.69, 9.17) is 0 Å². The van der Waals surface area contributed by atoms with Gasteiger partial charge in [0, 0.05) is 0 Å². The van der Waals surface area contributed by atoms with Gasteiger partial charge in [-0.1, -0.05) is 36.4 Å². The first-order chi connectivity index (χ1) is 9.52. The molecule has 2 aromatic carbocycles. The van der Waals surface area contributed by atoms with Crippen LogP contribution < -0.4 is 51.4 Å². The third-order valence-corrected chi connectivity index (χ3v) is 4.73. The Morgan fingerprint density at radius 1 is 0.762 bits per heavy atom. The van der Waals surface area contributed by atoms with Crippen molar-refractivity contribution in [3.05, 3.63) is 64.7 Å². The molecule has 0 spiro atoms. The van der Waals surface area contributed by atoms with Gasteiger partial charge in [0.2, 0.25) is 0 Å². The fourth-order valence-corrected chi connectivity index (χ4v) is 3.42. The first-order valence-electron chi connectivity index (χ1n) is 6.68. The second-order valence-corrected chi connectivity index (χ2v) is 6.56. The van der Waals surface area contributed by atoms with Crippen molar-refractivity contribution in [2.24, 2.45) is 0 Å². The molecule has 0 saturated carbocycles. The summed E-state index contributed by atoms with van der Waals surface area (Å²) in [7, 11) is -4.41. The second-order valence-electron chi connectivity index (χ2n) is 5.21. The van der Waals surface area contributed by atoms with E-state index in [1.807, 2.05) is 6.07 Å². The third kappa shape index (κ3) is 4.25. The van der Waals surface area contributed by atoms with E-state index in [-0.39, 0.29) is 56.3 Å². The van der Waals surface area contributed by atoms with Crippen LogP contribution in [0.1, 0.15) is 22.3 Å². The molecule has 21 heavy (non-hydrogen) atoms. The van der Waals surface area contributed by atoms with Gasteiger partial charge in [0.15, 0.2) is 0 Å². The second kappa shape index (κ2) is 7.04. The van der Waals surface area contributed by atoms with Crippen molar-refractivity contribution in [3.8, 4) is 0 Å². The van der Waals surface area contributed by atoms with Crippen LogP contribution >= 0.6 is 0 Å². The summed E-state index contributed by atoms with van der Waals surface area (Å²) in [6, 6.07) is 13.7. The number of hydrogen-bond donors (Lipinski definition) is 0. The fourth-order valence-electron chi connectivity index (χ4n) is 2.63. The maximum absolute atomic E-state index is 11.4. The maximum Gasteiger partial charge on any atom is 1.00 e. The summed E-state index contributed by atoms with van der Waals surface area (Å²) in [4.78, 5) is -0.0509. The monoisotopic (exact) mass is 326 g/mol. The number of rotatable bonds is 1. The molecule has 0 N–H and O–H groups in total. The predicted octanol–water partition coefficient (Wildman–Crippen LogP) is -0.521. The molecule has 6 rings (SSSR count). The van der Waals surface area contributed by atoms with Crippen molar-refractivity contribution in [3.63, 3.8) is 0 Å². The van der Waals surface area contributed by atoms with Crippen LogP contribution in [0.5, 0.6) is 0 Å². The van der Waals surface area contributed by atoms with Gasteiger partial charge in [0.25, 0.3) is 0 Å². The minimum absolute atomic E-state index is 0. The van der Waals surface area contributed by atoms with Gasteiger partial charge in [-0.05, 0) is 54.0 Å². The first kappa shape index (κ1) is 17.3. The van der Waals surface area contributed by atoms with E-state index in [1.54, 1.807) is 12.1 Å². The Morgan fingerprint density at radius 2 is 1.24 bits per heavy atom. The summed E-state index contributed by atoms with van der Waals surface area (Å²) in [6.07, 6.45) is 2.89. The molecule has 0 unspecified atom stereocenters. The molecule has 0 aromatic heterocycles. The van der Waals surface area contributed by atoms with Gasteiger partial charge in [-0.25, -0.2) is 8.42 Å². The predicted molar refractivity (Wildman–Crippen MR) is 75.7 cm³/mol. The summed E-state index contributed by atoms with van der Waals surface area (Å²) in [5.74, 6) is 0. The van der Waals surface area contributed by atoms with Crippen LogP contribution in [-0.4, -0.2) is 13.0 Å². The van der Waals surface area contributed by atoms with Crippen LogP contribution in [0, 0.1) is 0 Å². The molecule has 2 aromatic rings. The fraction of sp³-hybridized carbons (Fsp3) is 0.250.